The molecule has 37 heavy (non-hydrogen) atoms. The van der Waals surface area contributed by atoms with Gasteiger partial charge < -0.3 is 14.8 Å². The third kappa shape index (κ3) is 5.93. The Morgan fingerprint density at radius 2 is 1.70 bits per heavy atom. The Morgan fingerprint density at radius 3 is 2.35 bits per heavy atom. The summed E-state index contributed by atoms with van der Waals surface area (Å²) in [5.74, 6) is -0.823. The van der Waals surface area contributed by atoms with E-state index in [0.717, 1.165) is 4.47 Å². The SMILES string of the molecule is COC(=O)C1=C(C)N(c2ccc(Br)cc2)C(=O)/C1=C\c1ccc(OCC(=O)Nc2ccccc2Cl)cc1. The molecule has 1 aliphatic heterocycles. The lowest BCUT2D eigenvalue weighted by Crippen LogP contribution is -2.24. The van der Waals surface area contributed by atoms with Crippen LogP contribution in [0.2, 0.25) is 5.02 Å². The van der Waals surface area contributed by atoms with Gasteiger partial charge in [0.15, 0.2) is 6.61 Å². The van der Waals surface area contributed by atoms with E-state index in [1.807, 2.05) is 12.1 Å². The van der Waals surface area contributed by atoms with Crippen LogP contribution >= 0.6 is 27.5 Å². The second-order valence-electron chi connectivity index (χ2n) is 8.01. The average molecular weight is 582 g/mol. The number of hydrogen-bond donors (Lipinski definition) is 1. The highest BCUT2D eigenvalue weighted by atomic mass is 79.9. The first kappa shape index (κ1) is 26.2. The van der Waals surface area contributed by atoms with E-state index in [9.17, 15) is 14.4 Å². The zero-order valence-corrected chi connectivity index (χ0v) is 22.3. The topological polar surface area (TPSA) is 84.9 Å². The largest absolute Gasteiger partial charge is 0.484 e. The van der Waals surface area contributed by atoms with Gasteiger partial charge in [0.05, 0.1) is 29.0 Å². The number of methoxy groups -OCH3 is 1. The predicted octanol–water partition coefficient (Wildman–Crippen LogP) is 6.00. The van der Waals surface area contributed by atoms with Crippen molar-refractivity contribution in [2.24, 2.45) is 0 Å². The molecule has 0 radical (unpaired) electrons. The number of hydrogen-bond acceptors (Lipinski definition) is 5. The minimum atomic E-state index is -0.596. The summed E-state index contributed by atoms with van der Waals surface area (Å²) in [6.45, 7) is 1.50. The van der Waals surface area contributed by atoms with Crippen LogP contribution in [-0.4, -0.2) is 31.5 Å². The van der Waals surface area contributed by atoms with E-state index in [1.165, 1.54) is 12.0 Å². The van der Waals surface area contributed by atoms with Crippen LogP contribution in [0.1, 0.15) is 12.5 Å². The van der Waals surface area contributed by atoms with Crippen molar-refractivity contribution in [3.05, 3.63) is 105 Å². The Morgan fingerprint density at radius 1 is 1.03 bits per heavy atom. The Bertz CT molecular complexity index is 1420. The number of halogens is 2. The molecule has 1 aliphatic rings. The van der Waals surface area contributed by atoms with Gasteiger partial charge in [0, 0.05) is 15.9 Å². The molecule has 4 rings (SSSR count). The van der Waals surface area contributed by atoms with Crippen LogP contribution in [-0.2, 0) is 19.1 Å². The summed E-state index contributed by atoms with van der Waals surface area (Å²) in [6, 6.07) is 21.0. The van der Waals surface area contributed by atoms with Gasteiger partial charge in [-0.2, -0.15) is 0 Å². The summed E-state index contributed by atoms with van der Waals surface area (Å²) in [5, 5.41) is 3.13. The molecule has 0 saturated heterocycles. The van der Waals surface area contributed by atoms with E-state index < -0.39 is 5.97 Å². The van der Waals surface area contributed by atoms with Gasteiger partial charge in [0.1, 0.15) is 5.75 Å². The molecule has 9 heteroatoms. The first-order valence-corrected chi connectivity index (χ1v) is 12.3. The fourth-order valence-corrected chi connectivity index (χ4v) is 4.25. The first-order valence-electron chi connectivity index (χ1n) is 11.2. The molecule has 0 atom stereocenters. The molecule has 1 heterocycles. The highest BCUT2D eigenvalue weighted by Crippen LogP contribution is 2.36. The lowest BCUT2D eigenvalue weighted by Gasteiger charge is -2.18. The molecule has 3 aromatic rings. The molecule has 7 nitrogen and oxygen atoms in total. The standard InChI is InChI=1S/C28H22BrClN2O5/c1-17-26(28(35)36-2)22(27(34)32(17)20-11-9-19(29)10-12-20)15-18-7-13-21(14-8-18)37-16-25(33)31-24-6-4-3-5-23(24)30/h3-15H,16H2,1-2H3,(H,31,33)/b22-15-. The first-order chi connectivity index (χ1) is 17.8. The van der Waals surface area contributed by atoms with Crippen LogP contribution in [0.4, 0.5) is 11.4 Å². The molecular weight excluding hydrogens is 560 g/mol. The van der Waals surface area contributed by atoms with Gasteiger partial charge >= 0.3 is 5.97 Å². The van der Waals surface area contributed by atoms with Gasteiger partial charge in [-0.1, -0.05) is 51.8 Å². The highest BCUT2D eigenvalue weighted by Gasteiger charge is 2.37. The number of benzene rings is 3. The minimum absolute atomic E-state index is 0.201. The molecular formula is C28H22BrClN2O5. The van der Waals surface area contributed by atoms with Gasteiger partial charge in [0.25, 0.3) is 11.8 Å². The van der Waals surface area contributed by atoms with Crippen molar-refractivity contribution in [3.8, 4) is 5.75 Å². The molecule has 1 N–H and O–H groups in total. The van der Waals surface area contributed by atoms with Crippen molar-refractivity contribution in [3.63, 3.8) is 0 Å². The zero-order chi connectivity index (χ0) is 26.5. The molecule has 0 aliphatic carbocycles. The Balaban J connectivity index is 1.50. The maximum Gasteiger partial charge on any atom is 0.340 e. The number of ether oxygens (including phenoxy) is 2. The van der Waals surface area contributed by atoms with E-state index in [0.29, 0.717) is 33.4 Å². The molecule has 188 valence electrons. The number of esters is 1. The summed E-state index contributed by atoms with van der Waals surface area (Å²) < 4.78 is 11.4. The molecule has 0 saturated carbocycles. The van der Waals surface area contributed by atoms with E-state index in [2.05, 4.69) is 21.2 Å². The lowest BCUT2D eigenvalue weighted by molar-refractivity contribution is -0.136. The van der Waals surface area contributed by atoms with Crippen molar-refractivity contribution in [1.29, 1.82) is 0 Å². The second kappa shape index (κ2) is 11.5. The van der Waals surface area contributed by atoms with Gasteiger partial charge in [-0.05, 0) is 67.1 Å². The van der Waals surface area contributed by atoms with Crippen LogP contribution in [0.25, 0.3) is 6.08 Å². The molecule has 3 aromatic carbocycles. The van der Waals surface area contributed by atoms with Crippen LogP contribution in [0.5, 0.6) is 5.75 Å². The minimum Gasteiger partial charge on any atom is -0.484 e. The number of para-hydroxylation sites is 1. The van der Waals surface area contributed by atoms with E-state index in [-0.39, 0.29) is 29.6 Å². The smallest absolute Gasteiger partial charge is 0.340 e. The van der Waals surface area contributed by atoms with Gasteiger partial charge in [-0.25, -0.2) is 4.79 Å². The Kier molecular flexibility index (Phi) is 8.11. The summed E-state index contributed by atoms with van der Waals surface area (Å²) in [4.78, 5) is 39.6. The fraction of sp³-hybridized carbons (Fsp3) is 0.107. The summed E-state index contributed by atoms with van der Waals surface area (Å²) in [5.41, 5.74) is 2.71. The third-order valence-corrected chi connectivity index (χ3v) is 6.44. The maximum absolute atomic E-state index is 13.4. The number of allylic oxidation sites excluding steroid dienone is 1. The van der Waals surface area contributed by atoms with Crippen molar-refractivity contribution in [2.45, 2.75) is 6.92 Å². The van der Waals surface area contributed by atoms with E-state index in [1.54, 1.807) is 73.7 Å². The summed E-state index contributed by atoms with van der Waals surface area (Å²) in [6.07, 6.45) is 1.63. The number of anilines is 2. The maximum atomic E-state index is 13.4. The van der Waals surface area contributed by atoms with Crippen LogP contribution < -0.4 is 15.0 Å². The van der Waals surface area contributed by atoms with Crippen LogP contribution in [0.15, 0.2) is 94.1 Å². The quantitative estimate of drug-likeness (QED) is 0.273. The van der Waals surface area contributed by atoms with Crippen LogP contribution in [0.3, 0.4) is 0 Å². The fourth-order valence-electron chi connectivity index (χ4n) is 3.81. The zero-order valence-electron chi connectivity index (χ0n) is 20.0. The van der Waals surface area contributed by atoms with Crippen molar-refractivity contribution >= 4 is 62.8 Å². The average Bonchev–Trinajstić information content (AvgIpc) is 3.14. The van der Waals surface area contributed by atoms with Crippen LogP contribution in [0, 0.1) is 0 Å². The molecule has 0 fully saturated rings. The Labute approximate surface area is 227 Å². The Hall–Kier alpha value is -3.88. The molecule has 0 spiro atoms. The van der Waals surface area contributed by atoms with Crippen molar-refractivity contribution in [2.75, 3.05) is 23.9 Å². The van der Waals surface area contributed by atoms with Crippen molar-refractivity contribution < 1.29 is 23.9 Å². The number of rotatable bonds is 7. The van der Waals surface area contributed by atoms with Gasteiger partial charge in [0.2, 0.25) is 0 Å². The van der Waals surface area contributed by atoms with Gasteiger partial charge in [-0.15, -0.1) is 0 Å². The highest BCUT2D eigenvalue weighted by molar-refractivity contribution is 9.10. The number of carbonyl (C=O) groups excluding carboxylic acids is 3. The second-order valence-corrected chi connectivity index (χ2v) is 9.34. The summed E-state index contributed by atoms with van der Waals surface area (Å²) in [7, 11) is 1.28. The number of carbonyl (C=O) groups is 3. The summed E-state index contributed by atoms with van der Waals surface area (Å²) >= 11 is 9.45. The van der Waals surface area contributed by atoms with E-state index >= 15 is 0 Å². The number of amides is 2. The normalized spacial score (nSPS) is 14.2. The number of nitrogens with zero attached hydrogens (tertiary/aromatic N) is 1. The lowest BCUT2D eigenvalue weighted by atomic mass is 10.0. The molecule has 2 amide bonds. The van der Waals surface area contributed by atoms with E-state index in [4.69, 9.17) is 21.1 Å². The molecule has 0 aromatic heterocycles. The predicted molar refractivity (Wildman–Crippen MR) is 146 cm³/mol. The monoisotopic (exact) mass is 580 g/mol. The molecule has 0 unspecified atom stereocenters. The third-order valence-electron chi connectivity index (χ3n) is 5.58. The molecule has 0 bridgehead atoms. The van der Waals surface area contributed by atoms with Crippen molar-refractivity contribution in [1.82, 2.24) is 0 Å². The van der Waals surface area contributed by atoms with Gasteiger partial charge in [-0.3, -0.25) is 14.5 Å². The number of nitrogens with one attached hydrogen (secondary N) is 1.